The van der Waals surface area contributed by atoms with E-state index in [1.807, 2.05) is 84.9 Å². The lowest BCUT2D eigenvalue weighted by Gasteiger charge is -2.36. The lowest BCUT2D eigenvalue weighted by Crippen LogP contribution is -2.31. The van der Waals surface area contributed by atoms with Crippen molar-refractivity contribution < 1.29 is 43.8 Å². The van der Waals surface area contributed by atoms with Gasteiger partial charge in [-0.25, -0.2) is 16.0 Å². The number of nitrogens with zero attached hydrogens (tertiary/aromatic N) is 1. The van der Waals surface area contributed by atoms with Crippen molar-refractivity contribution in [2.75, 3.05) is 16.4 Å². The third kappa shape index (κ3) is 15.0. The van der Waals surface area contributed by atoms with Crippen LogP contribution in [0.15, 0.2) is 114 Å². The van der Waals surface area contributed by atoms with Crippen molar-refractivity contribution in [2.24, 2.45) is 4.99 Å². The van der Waals surface area contributed by atoms with Crippen LogP contribution >= 0.6 is 11.8 Å². The largest absolute Gasteiger partial charge is 0.462 e. The Bertz CT molecular complexity index is 2000. The Labute approximate surface area is 372 Å². The number of nitrogens with one attached hydrogen (secondary N) is 4. The molecule has 334 valence electrons. The fourth-order valence-corrected chi connectivity index (χ4v) is 8.41. The molecular weight excluding hydrogens is 823 g/mol. The number of carbonyl (C=O) groups excluding carboxylic acids is 4. The molecule has 63 heavy (non-hydrogen) atoms. The molecule has 1 saturated heterocycles. The molecule has 4 amide bonds. The van der Waals surface area contributed by atoms with Crippen LogP contribution in [0, 0.1) is 0 Å². The Morgan fingerprint density at radius 1 is 0.556 bits per heavy atom. The van der Waals surface area contributed by atoms with Crippen molar-refractivity contribution >= 4 is 52.0 Å². The monoisotopic (exact) mass is 879 g/mol. The molecule has 2 heterocycles. The zero-order valence-electron chi connectivity index (χ0n) is 35.3. The van der Waals surface area contributed by atoms with Crippen molar-refractivity contribution in [1.82, 2.24) is 11.0 Å². The Kier molecular flexibility index (Phi) is 18.5. The summed E-state index contributed by atoms with van der Waals surface area (Å²) in [5, 5.41) is 23.8. The Hall–Kier alpha value is -5.58. The third-order valence-electron chi connectivity index (χ3n) is 10.9. The number of unbranched alkanes of at least 4 members (excludes halogenated alkanes) is 6. The van der Waals surface area contributed by atoms with Gasteiger partial charge in [0.1, 0.15) is 6.04 Å². The van der Waals surface area contributed by atoms with Gasteiger partial charge in [-0.15, -0.1) is 0 Å². The second-order valence-electron chi connectivity index (χ2n) is 15.7. The van der Waals surface area contributed by atoms with Crippen molar-refractivity contribution in [3.63, 3.8) is 0 Å². The van der Waals surface area contributed by atoms with Gasteiger partial charge >= 0.3 is 0 Å². The smallest absolute Gasteiger partial charge is 0.247 e. The fraction of sp³-hybridized carbons (Fsp3) is 0.396. The molecule has 6 N–H and O–H groups in total. The molecule has 0 saturated carbocycles. The fourth-order valence-electron chi connectivity index (χ4n) is 7.51. The standard InChI is InChI=1S/C48H57N5O9S/c54-41(19-11-1-3-13-21-43(56)52-58)49-37-27-23-33(24-28-37)40-31-39(32-63-48-51-45(34-15-7-5-8-16-34)46(62-48)35-17-9-6-10-18-35)60-47(61-40)36-25-29-38(30-26-36)50-42(55)20-12-2-4-14-22-44(57)53-59/h5-10,15-18,23-30,39-40,45-47,58-59H,1-4,11-14,19-22,31-32H2,(H,49,54)(H,50,55)(H,52,56)(H,53,57). The van der Waals surface area contributed by atoms with Gasteiger partial charge in [-0.2, -0.15) is 0 Å². The lowest BCUT2D eigenvalue weighted by molar-refractivity contribution is -0.245. The molecule has 1 fully saturated rings. The van der Waals surface area contributed by atoms with E-state index < -0.39 is 18.1 Å². The minimum atomic E-state index is -0.704. The topological polar surface area (TPSA) is 197 Å². The molecule has 2 aliphatic rings. The van der Waals surface area contributed by atoms with Crippen molar-refractivity contribution in [3.05, 3.63) is 131 Å². The SMILES string of the molecule is O=C(CCCCCCC(=O)Nc1ccc(C2CC(CSC3=NC(c4ccccc4)C(c4ccccc4)O3)OC(c3ccc(NC(=O)CCCCCCC(=O)NO)cc3)O2)cc1)NO. The van der Waals surface area contributed by atoms with E-state index in [4.69, 9.17) is 29.6 Å². The van der Waals surface area contributed by atoms with Crippen LogP contribution in [0.25, 0.3) is 0 Å². The van der Waals surface area contributed by atoms with E-state index in [0.717, 1.165) is 47.9 Å². The maximum Gasteiger partial charge on any atom is 0.247 e. The summed E-state index contributed by atoms with van der Waals surface area (Å²) in [6, 6.07) is 35.2. The summed E-state index contributed by atoms with van der Waals surface area (Å²) in [5.41, 5.74) is 8.47. The number of anilines is 2. The maximum absolute atomic E-state index is 12.7. The highest BCUT2D eigenvalue weighted by molar-refractivity contribution is 8.13. The number of hydrogen-bond acceptors (Lipinski definition) is 11. The van der Waals surface area contributed by atoms with Crippen LogP contribution in [0.4, 0.5) is 11.4 Å². The molecule has 6 rings (SSSR count). The van der Waals surface area contributed by atoms with Crippen LogP contribution in [0.3, 0.4) is 0 Å². The van der Waals surface area contributed by atoms with E-state index in [2.05, 4.69) is 34.9 Å². The van der Waals surface area contributed by atoms with Gasteiger partial charge in [0, 0.05) is 54.8 Å². The maximum atomic E-state index is 12.7. The normalized spacial score (nSPS) is 19.3. The molecule has 5 unspecified atom stereocenters. The van der Waals surface area contributed by atoms with Gasteiger partial charge in [-0.05, 0) is 66.6 Å². The predicted molar refractivity (Wildman–Crippen MR) is 241 cm³/mol. The van der Waals surface area contributed by atoms with Gasteiger partial charge in [0.05, 0.1) is 12.2 Å². The quantitative estimate of drug-likeness (QED) is 0.0251. The van der Waals surface area contributed by atoms with E-state index in [-0.39, 0.29) is 49.0 Å². The molecule has 5 atom stereocenters. The van der Waals surface area contributed by atoms with E-state index in [1.54, 1.807) is 11.0 Å². The predicted octanol–water partition coefficient (Wildman–Crippen LogP) is 9.40. The summed E-state index contributed by atoms with van der Waals surface area (Å²) < 4.78 is 19.8. The van der Waals surface area contributed by atoms with Crippen molar-refractivity contribution in [2.45, 2.75) is 114 Å². The molecule has 15 heteroatoms. The van der Waals surface area contributed by atoms with Crippen molar-refractivity contribution in [1.29, 1.82) is 0 Å². The molecule has 0 spiro atoms. The molecule has 2 aliphatic heterocycles. The summed E-state index contributed by atoms with van der Waals surface area (Å²) in [6.07, 6.45) is 6.15. The second kappa shape index (κ2) is 24.9. The molecule has 0 aliphatic carbocycles. The second-order valence-corrected chi connectivity index (χ2v) is 16.7. The van der Waals surface area contributed by atoms with Gasteiger partial charge in [0.2, 0.25) is 28.9 Å². The lowest BCUT2D eigenvalue weighted by atomic mass is 9.97. The Morgan fingerprint density at radius 3 is 1.54 bits per heavy atom. The highest BCUT2D eigenvalue weighted by Crippen LogP contribution is 2.44. The zero-order valence-corrected chi connectivity index (χ0v) is 36.1. The van der Waals surface area contributed by atoms with Crippen LogP contribution in [0.1, 0.15) is 130 Å². The number of carbonyl (C=O) groups is 4. The number of amides is 4. The van der Waals surface area contributed by atoms with Crippen LogP contribution in [-0.4, -0.2) is 51.1 Å². The number of ether oxygens (including phenoxy) is 3. The number of aliphatic imine (C=N–C) groups is 1. The highest BCUT2D eigenvalue weighted by Gasteiger charge is 2.36. The molecular formula is C48H57N5O9S. The first kappa shape index (κ1) is 46.9. The minimum absolute atomic E-state index is 0.0852. The van der Waals surface area contributed by atoms with Gasteiger partial charge in [-0.1, -0.05) is 122 Å². The molecule has 0 aromatic heterocycles. The third-order valence-corrected chi connectivity index (χ3v) is 11.9. The van der Waals surface area contributed by atoms with Gasteiger partial charge in [0.25, 0.3) is 0 Å². The van der Waals surface area contributed by atoms with Crippen LogP contribution in [-0.2, 0) is 33.4 Å². The number of hydrogen-bond donors (Lipinski definition) is 6. The number of thioether (sulfide) groups is 1. The van der Waals surface area contributed by atoms with E-state index in [1.165, 1.54) is 11.8 Å². The average Bonchev–Trinajstić information content (AvgIpc) is 3.76. The summed E-state index contributed by atoms with van der Waals surface area (Å²) in [4.78, 5) is 52.8. The number of hydroxylamine groups is 2. The van der Waals surface area contributed by atoms with E-state index >= 15 is 0 Å². The van der Waals surface area contributed by atoms with Crippen molar-refractivity contribution in [3.8, 4) is 0 Å². The van der Waals surface area contributed by atoms with Crippen LogP contribution in [0.5, 0.6) is 0 Å². The van der Waals surface area contributed by atoms with Crippen LogP contribution < -0.4 is 21.6 Å². The van der Waals surface area contributed by atoms with Gasteiger partial charge < -0.3 is 24.8 Å². The van der Waals surface area contributed by atoms with Gasteiger partial charge in [0.15, 0.2) is 12.4 Å². The first-order valence-electron chi connectivity index (χ1n) is 21.7. The summed E-state index contributed by atoms with van der Waals surface area (Å²) in [7, 11) is 0. The number of benzene rings is 4. The summed E-state index contributed by atoms with van der Waals surface area (Å²) in [6.45, 7) is 0. The molecule has 4 aromatic rings. The average molecular weight is 880 g/mol. The number of rotatable bonds is 22. The van der Waals surface area contributed by atoms with E-state index in [9.17, 15) is 19.2 Å². The minimum Gasteiger partial charge on any atom is -0.462 e. The Balaban J connectivity index is 1.08. The summed E-state index contributed by atoms with van der Waals surface area (Å²) in [5.74, 6) is -0.434. The Morgan fingerprint density at radius 2 is 1.03 bits per heavy atom. The molecule has 4 aromatic carbocycles. The van der Waals surface area contributed by atoms with E-state index in [0.29, 0.717) is 67.3 Å². The first-order chi connectivity index (χ1) is 30.8. The van der Waals surface area contributed by atoms with Crippen LogP contribution in [0.2, 0.25) is 0 Å². The molecule has 0 bridgehead atoms. The summed E-state index contributed by atoms with van der Waals surface area (Å²) >= 11 is 1.52. The molecule has 0 radical (unpaired) electrons. The first-order valence-corrected chi connectivity index (χ1v) is 22.7. The zero-order chi connectivity index (χ0) is 44.2. The highest BCUT2D eigenvalue weighted by atomic mass is 32.2. The van der Waals surface area contributed by atoms with Gasteiger partial charge in [-0.3, -0.25) is 29.6 Å². The molecule has 14 nitrogen and oxygen atoms in total.